The van der Waals surface area contributed by atoms with Gasteiger partial charge in [-0.25, -0.2) is 9.78 Å². The second-order valence-electron chi connectivity index (χ2n) is 3.82. The molecule has 1 atom stereocenters. The van der Waals surface area contributed by atoms with Crippen LogP contribution in [0.2, 0.25) is 5.02 Å². The van der Waals surface area contributed by atoms with Crippen molar-refractivity contribution in [3.8, 4) is 0 Å². The van der Waals surface area contributed by atoms with Gasteiger partial charge in [-0.1, -0.05) is 11.6 Å². The largest absolute Gasteiger partial charge is 0.461 e. The molecule has 1 aliphatic heterocycles. The van der Waals surface area contributed by atoms with E-state index in [1.807, 2.05) is 0 Å². The second kappa shape index (κ2) is 6.79. The normalized spacial score (nSPS) is 18.5. The fraction of sp³-hybridized carbons (Fsp3) is 0.455. The van der Waals surface area contributed by atoms with Crippen LogP contribution in [-0.2, 0) is 4.74 Å². The summed E-state index contributed by atoms with van der Waals surface area (Å²) in [4.78, 5) is 15.5. The van der Waals surface area contributed by atoms with Crippen molar-refractivity contribution in [1.82, 2.24) is 10.3 Å². The third kappa shape index (κ3) is 4.15. The molecule has 1 saturated heterocycles. The second-order valence-corrected chi connectivity index (χ2v) is 4.25. The van der Waals surface area contributed by atoms with Gasteiger partial charge in [-0.2, -0.15) is 0 Å². The molecule has 0 radical (unpaired) electrons. The maximum atomic E-state index is 11.6. The van der Waals surface area contributed by atoms with Crippen molar-refractivity contribution < 1.29 is 9.53 Å². The maximum absolute atomic E-state index is 11.6. The van der Waals surface area contributed by atoms with Gasteiger partial charge >= 0.3 is 5.97 Å². The van der Waals surface area contributed by atoms with Crippen molar-refractivity contribution in [2.75, 3.05) is 19.7 Å². The number of halogens is 2. The van der Waals surface area contributed by atoms with E-state index in [4.69, 9.17) is 16.3 Å². The monoisotopic (exact) mass is 276 g/mol. The molecule has 0 aromatic carbocycles. The van der Waals surface area contributed by atoms with Gasteiger partial charge in [0.15, 0.2) is 0 Å². The van der Waals surface area contributed by atoms with Crippen molar-refractivity contribution in [2.45, 2.75) is 6.42 Å². The summed E-state index contributed by atoms with van der Waals surface area (Å²) in [5.74, 6) is 0.0116. The molecule has 0 aliphatic carbocycles. The van der Waals surface area contributed by atoms with Crippen LogP contribution in [0.25, 0.3) is 0 Å². The first-order valence-corrected chi connectivity index (χ1v) is 5.63. The minimum Gasteiger partial charge on any atom is -0.461 e. The van der Waals surface area contributed by atoms with Crippen molar-refractivity contribution in [2.24, 2.45) is 5.92 Å². The van der Waals surface area contributed by atoms with Crippen LogP contribution < -0.4 is 5.32 Å². The summed E-state index contributed by atoms with van der Waals surface area (Å²) in [5, 5.41) is 3.71. The summed E-state index contributed by atoms with van der Waals surface area (Å²) >= 11 is 5.76. The third-order valence-corrected chi connectivity index (χ3v) is 2.78. The number of esters is 1. The third-order valence-electron chi connectivity index (χ3n) is 2.54. The highest BCUT2D eigenvalue weighted by atomic mass is 35.5. The van der Waals surface area contributed by atoms with Crippen LogP contribution in [0, 0.1) is 5.92 Å². The van der Waals surface area contributed by atoms with E-state index < -0.39 is 5.97 Å². The average Bonchev–Trinajstić information content (AvgIpc) is 2.78. The molecule has 1 aromatic rings. The quantitative estimate of drug-likeness (QED) is 0.858. The molecule has 4 nitrogen and oxygen atoms in total. The Hall–Kier alpha value is -0.840. The smallest absolute Gasteiger partial charge is 0.356 e. The summed E-state index contributed by atoms with van der Waals surface area (Å²) in [6.07, 6.45) is 2.55. The molecule has 0 saturated carbocycles. The first kappa shape index (κ1) is 14.2. The fourth-order valence-corrected chi connectivity index (χ4v) is 1.80. The van der Waals surface area contributed by atoms with Gasteiger partial charge in [0.05, 0.1) is 6.61 Å². The highest BCUT2D eigenvalue weighted by Crippen LogP contribution is 2.11. The summed E-state index contributed by atoms with van der Waals surface area (Å²) in [6, 6.07) is 3.13. The van der Waals surface area contributed by atoms with Gasteiger partial charge in [-0.05, 0) is 25.1 Å². The van der Waals surface area contributed by atoms with Crippen LogP contribution >= 0.6 is 24.0 Å². The first-order chi connectivity index (χ1) is 7.75. The Balaban J connectivity index is 0.00000144. The fourth-order valence-electron chi connectivity index (χ4n) is 1.64. The Labute approximate surface area is 111 Å². The highest BCUT2D eigenvalue weighted by Gasteiger charge is 2.17. The van der Waals surface area contributed by atoms with Gasteiger partial charge in [0.25, 0.3) is 0 Å². The van der Waals surface area contributed by atoms with Crippen molar-refractivity contribution in [3.05, 3.63) is 29.0 Å². The Morgan fingerprint density at radius 1 is 1.65 bits per heavy atom. The molecule has 1 fully saturated rings. The minimum atomic E-state index is -0.408. The zero-order valence-electron chi connectivity index (χ0n) is 9.19. The van der Waals surface area contributed by atoms with Crippen LogP contribution in [-0.4, -0.2) is 30.6 Å². The number of carbonyl (C=O) groups is 1. The molecule has 0 amide bonds. The molecule has 1 aromatic heterocycles. The van der Waals surface area contributed by atoms with Gasteiger partial charge in [-0.15, -0.1) is 12.4 Å². The molecule has 0 spiro atoms. The number of nitrogens with zero attached hydrogens (tertiary/aromatic N) is 1. The lowest BCUT2D eigenvalue weighted by molar-refractivity contribution is 0.0443. The summed E-state index contributed by atoms with van der Waals surface area (Å²) in [6.45, 7) is 2.36. The summed E-state index contributed by atoms with van der Waals surface area (Å²) < 4.78 is 5.17. The first-order valence-electron chi connectivity index (χ1n) is 5.25. The van der Waals surface area contributed by atoms with Gasteiger partial charge in [0.2, 0.25) is 0 Å². The van der Waals surface area contributed by atoms with E-state index in [1.54, 1.807) is 6.07 Å². The zero-order valence-corrected chi connectivity index (χ0v) is 10.8. The zero-order chi connectivity index (χ0) is 11.4. The standard InChI is InChI=1S/C11H13ClN2O2.ClH/c12-9-2-4-14-10(5-9)11(15)16-7-8-1-3-13-6-8;/h2,4-5,8,13H,1,3,6-7H2;1H. The summed E-state index contributed by atoms with van der Waals surface area (Å²) in [7, 11) is 0. The van der Waals surface area contributed by atoms with Crippen molar-refractivity contribution >= 4 is 30.0 Å². The topological polar surface area (TPSA) is 51.2 Å². The van der Waals surface area contributed by atoms with Crippen LogP contribution in [0.5, 0.6) is 0 Å². The van der Waals surface area contributed by atoms with Crippen LogP contribution in [0.3, 0.4) is 0 Å². The van der Waals surface area contributed by atoms with E-state index in [0.29, 0.717) is 17.5 Å². The number of aromatic nitrogens is 1. The van der Waals surface area contributed by atoms with E-state index in [9.17, 15) is 4.79 Å². The van der Waals surface area contributed by atoms with Crippen LogP contribution in [0.4, 0.5) is 0 Å². The van der Waals surface area contributed by atoms with E-state index in [0.717, 1.165) is 19.5 Å². The number of nitrogens with one attached hydrogen (secondary N) is 1. The van der Waals surface area contributed by atoms with Gasteiger partial charge in [0.1, 0.15) is 5.69 Å². The Morgan fingerprint density at radius 3 is 3.12 bits per heavy atom. The lowest BCUT2D eigenvalue weighted by atomic mass is 10.1. The Bertz CT molecular complexity index is 381. The number of hydrogen-bond donors (Lipinski definition) is 1. The van der Waals surface area contributed by atoms with Gasteiger partial charge < -0.3 is 10.1 Å². The Morgan fingerprint density at radius 2 is 2.47 bits per heavy atom. The van der Waals surface area contributed by atoms with E-state index in [2.05, 4.69) is 10.3 Å². The van der Waals surface area contributed by atoms with E-state index in [1.165, 1.54) is 12.3 Å². The maximum Gasteiger partial charge on any atom is 0.356 e. The lowest BCUT2D eigenvalue weighted by Crippen LogP contribution is -2.17. The molecule has 94 valence electrons. The van der Waals surface area contributed by atoms with Crippen molar-refractivity contribution in [3.63, 3.8) is 0 Å². The molecule has 0 bridgehead atoms. The lowest BCUT2D eigenvalue weighted by Gasteiger charge is -2.08. The van der Waals surface area contributed by atoms with E-state index >= 15 is 0 Å². The molecule has 2 rings (SSSR count). The molecular weight excluding hydrogens is 263 g/mol. The predicted octanol–water partition coefficient (Wildman–Crippen LogP) is 1.92. The molecule has 2 heterocycles. The van der Waals surface area contributed by atoms with E-state index in [-0.39, 0.29) is 18.1 Å². The molecule has 17 heavy (non-hydrogen) atoms. The Kier molecular flexibility index (Phi) is 5.68. The molecule has 1 unspecified atom stereocenters. The number of rotatable bonds is 3. The number of carbonyl (C=O) groups excluding carboxylic acids is 1. The average molecular weight is 277 g/mol. The SMILES string of the molecule is Cl.O=C(OCC1CCNC1)c1cc(Cl)ccn1. The molecular formula is C11H14Cl2N2O2. The molecule has 1 N–H and O–H groups in total. The highest BCUT2D eigenvalue weighted by molar-refractivity contribution is 6.30. The number of ether oxygens (including phenoxy) is 1. The predicted molar refractivity (Wildman–Crippen MR) is 67.8 cm³/mol. The van der Waals surface area contributed by atoms with Crippen LogP contribution in [0.15, 0.2) is 18.3 Å². The number of hydrogen-bond acceptors (Lipinski definition) is 4. The van der Waals surface area contributed by atoms with Gasteiger partial charge in [-0.3, -0.25) is 0 Å². The van der Waals surface area contributed by atoms with Gasteiger partial charge in [0, 0.05) is 23.7 Å². The molecule has 6 heteroatoms. The minimum absolute atomic E-state index is 0. The molecule has 1 aliphatic rings. The van der Waals surface area contributed by atoms with Crippen LogP contribution in [0.1, 0.15) is 16.9 Å². The number of pyridine rings is 1. The summed E-state index contributed by atoms with van der Waals surface area (Å²) in [5.41, 5.74) is 0.262. The van der Waals surface area contributed by atoms with Crippen molar-refractivity contribution in [1.29, 1.82) is 0 Å².